The van der Waals surface area contributed by atoms with Crippen molar-refractivity contribution in [1.82, 2.24) is 5.32 Å². The standard InChI is InChI=1S/C23H23F7N2O4S/c24-16-4-7-18(8-5-16)37(36)32-17(13-20(34)31-10-1-11-33)6-2-14-12-15(3-9-19(14)32)21(35,22(25,26)27)23(28,29)30/h3-5,7-9,12,17,33,35H,1-2,6,10-11,13H2,(H,31,34). The number of anilines is 1. The number of rotatable bonds is 8. The Morgan fingerprint density at radius 3 is 2.24 bits per heavy atom. The highest BCUT2D eigenvalue weighted by Crippen LogP contribution is 2.51. The van der Waals surface area contributed by atoms with Gasteiger partial charge in [-0.15, -0.1) is 0 Å². The second-order valence-electron chi connectivity index (χ2n) is 8.40. The fourth-order valence-corrected chi connectivity index (χ4v) is 5.42. The zero-order valence-electron chi connectivity index (χ0n) is 19.1. The van der Waals surface area contributed by atoms with Gasteiger partial charge in [0.2, 0.25) is 5.91 Å². The first-order valence-electron chi connectivity index (χ1n) is 11.0. The van der Waals surface area contributed by atoms with Gasteiger partial charge in [0.1, 0.15) is 5.82 Å². The summed E-state index contributed by atoms with van der Waals surface area (Å²) in [7, 11) is -2.12. The predicted octanol–water partition coefficient (Wildman–Crippen LogP) is 3.87. The Hall–Kier alpha value is -2.71. The van der Waals surface area contributed by atoms with E-state index in [9.17, 15) is 44.8 Å². The van der Waals surface area contributed by atoms with E-state index in [1.807, 2.05) is 0 Å². The normalized spacial score (nSPS) is 17.3. The van der Waals surface area contributed by atoms with Gasteiger partial charge in [0.15, 0.2) is 11.0 Å². The lowest BCUT2D eigenvalue weighted by molar-refractivity contribution is -0.376. The van der Waals surface area contributed by atoms with Gasteiger partial charge >= 0.3 is 12.4 Å². The number of benzene rings is 2. The van der Waals surface area contributed by atoms with E-state index in [2.05, 4.69) is 5.32 Å². The smallest absolute Gasteiger partial charge is 0.396 e. The second-order valence-corrected chi connectivity index (χ2v) is 9.77. The van der Waals surface area contributed by atoms with E-state index in [4.69, 9.17) is 5.11 Å². The van der Waals surface area contributed by atoms with Crippen LogP contribution in [0.3, 0.4) is 0 Å². The van der Waals surface area contributed by atoms with E-state index < -0.39 is 52.3 Å². The lowest BCUT2D eigenvalue weighted by Gasteiger charge is -2.39. The SMILES string of the molecule is O=C(CC1CCc2cc(C(O)(C(F)(F)F)C(F)(F)F)ccc2N1S(=O)c1ccc(F)cc1)NCCCO. The van der Waals surface area contributed by atoms with Crippen LogP contribution in [0.5, 0.6) is 0 Å². The highest BCUT2D eigenvalue weighted by molar-refractivity contribution is 7.86. The highest BCUT2D eigenvalue weighted by atomic mass is 32.2. The van der Waals surface area contributed by atoms with Crippen LogP contribution in [0.15, 0.2) is 47.4 Å². The van der Waals surface area contributed by atoms with Gasteiger partial charge in [-0.05, 0) is 55.2 Å². The number of hydrogen-bond acceptors (Lipinski definition) is 4. The van der Waals surface area contributed by atoms with Gasteiger partial charge in [0.05, 0.1) is 16.6 Å². The maximum Gasteiger partial charge on any atom is 0.430 e. The number of nitrogens with zero attached hydrogens (tertiary/aromatic N) is 1. The zero-order chi connectivity index (χ0) is 27.6. The number of fused-ring (bicyclic) bond motifs is 1. The van der Waals surface area contributed by atoms with Crippen molar-refractivity contribution in [2.24, 2.45) is 0 Å². The fraction of sp³-hybridized carbons (Fsp3) is 0.435. The third-order valence-corrected chi connectivity index (χ3v) is 7.43. The fourth-order valence-electron chi connectivity index (χ4n) is 4.02. The van der Waals surface area contributed by atoms with Crippen LogP contribution in [0.4, 0.5) is 36.4 Å². The summed E-state index contributed by atoms with van der Waals surface area (Å²) in [6.45, 7) is -0.00115. The van der Waals surface area contributed by atoms with Crippen molar-refractivity contribution in [3.05, 3.63) is 59.4 Å². The summed E-state index contributed by atoms with van der Waals surface area (Å²) in [4.78, 5) is 12.5. The zero-order valence-corrected chi connectivity index (χ0v) is 19.9. The Bertz CT molecular complexity index is 1130. The van der Waals surface area contributed by atoms with Crippen LogP contribution in [-0.2, 0) is 27.8 Å². The molecule has 3 N–H and O–H groups in total. The molecule has 1 aliphatic heterocycles. The third kappa shape index (κ3) is 5.91. The molecule has 1 aliphatic rings. The van der Waals surface area contributed by atoms with Crippen LogP contribution in [0, 0.1) is 5.82 Å². The molecule has 0 fully saturated rings. The number of halogens is 7. The van der Waals surface area contributed by atoms with E-state index >= 15 is 0 Å². The molecule has 1 amide bonds. The van der Waals surface area contributed by atoms with Crippen molar-refractivity contribution in [1.29, 1.82) is 0 Å². The topological polar surface area (TPSA) is 89.9 Å². The summed E-state index contributed by atoms with van der Waals surface area (Å²) in [5.41, 5.74) is -6.60. The summed E-state index contributed by atoms with van der Waals surface area (Å²) in [5, 5.41) is 21.2. The third-order valence-electron chi connectivity index (χ3n) is 5.91. The minimum Gasteiger partial charge on any atom is -0.396 e. The number of nitrogens with one attached hydrogen (secondary N) is 1. The molecular weight excluding hydrogens is 533 g/mol. The molecule has 0 aromatic heterocycles. The van der Waals surface area contributed by atoms with Crippen molar-refractivity contribution < 1.29 is 49.9 Å². The van der Waals surface area contributed by atoms with Crippen molar-refractivity contribution in [3.63, 3.8) is 0 Å². The molecule has 37 heavy (non-hydrogen) atoms. The highest BCUT2D eigenvalue weighted by Gasteiger charge is 2.71. The maximum absolute atomic E-state index is 13.5. The molecule has 204 valence electrons. The Labute approximate surface area is 209 Å². The Balaban J connectivity index is 2.05. The molecular formula is C23H23F7N2O4S. The average Bonchev–Trinajstić information content (AvgIpc) is 2.82. The maximum atomic E-state index is 13.5. The molecule has 0 aliphatic carbocycles. The number of aliphatic hydroxyl groups is 2. The molecule has 6 nitrogen and oxygen atoms in total. The van der Waals surface area contributed by atoms with Gasteiger partial charge in [-0.1, -0.05) is 12.1 Å². The van der Waals surface area contributed by atoms with E-state index in [0.717, 1.165) is 18.2 Å². The van der Waals surface area contributed by atoms with Crippen LogP contribution in [0.2, 0.25) is 0 Å². The summed E-state index contributed by atoms with van der Waals surface area (Å²) in [5.74, 6) is -1.09. The van der Waals surface area contributed by atoms with Gasteiger partial charge < -0.3 is 15.5 Å². The molecule has 2 aromatic carbocycles. The number of aliphatic hydroxyl groups excluding tert-OH is 1. The minimum atomic E-state index is -6.07. The molecule has 0 radical (unpaired) electrons. The Kier molecular flexibility index (Phi) is 8.54. The molecule has 0 bridgehead atoms. The molecule has 14 heteroatoms. The number of amides is 1. The summed E-state index contributed by atoms with van der Waals surface area (Å²) in [6, 6.07) is 5.62. The van der Waals surface area contributed by atoms with Gasteiger partial charge in [-0.2, -0.15) is 26.3 Å². The predicted molar refractivity (Wildman–Crippen MR) is 119 cm³/mol. The second kappa shape index (κ2) is 11.0. The van der Waals surface area contributed by atoms with E-state index in [1.54, 1.807) is 0 Å². The van der Waals surface area contributed by atoms with Crippen LogP contribution >= 0.6 is 0 Å². The van der Waals surface area contributed by atoms with Gasteiger partial charge in [-0.25, -0.2) is 8.60 Å². The Morgan fingerprint density at radius 2 is 1.68 bits per heavy atom. The molecule has 2 atom stereocenters. The number of carbonyl (C=O) groups is 1. The van der Waals surface area contributed by atoms with E-state index in [1.165, 1.54) is 16.4 Å². The van der Waals surface area contributed by atoms with Gasteiger partial charge in [-0.3, -0.25) is 9.10 Å². The number of hydrogen-bond donors (Lipinski definition) is 3. The first-order valence-corrected chi connectivity index (χ1v) is 12.1. The largest absolute Gasteiger partial charge is 0.430 e. The number of carbonyl (C=O) groups excluding carboxylic acids is 1. The Morgan fingerprint density at radius 1 is 1.05 bits per heavy atom. The average molecular weight is 557 g/mol. The summed E-state index contributed by atoms with van der Waals surface area (Å²) >= 11 is 0. The summed E-state index contributed by atoms with van der Waals surface area (Å²) < 4.78 is 108. The van der Waals surface area contributed by atoms with Crippen molar-refractivity contribution in [2.75, 3.05) is 17.5 Å². The molecule has 2 unspecified atom stereocenters. The van der Waals surface area contributed by atoms with Crippen molar-refractivity contribution >= 4 is 22.6 Å². The molecule has 1 heterocycles. The molecule has 3 rings (SSSR count). The van der Waals surface area contributed by atoms with Gasteiger partial charge in [0.25, 0.3) is 5.60 Å². The minimum absolute atomic E-state index is 0.0116. The molecule has 2 aromatic rings. The summed E-state index contributed by atoms with van der Waals surface area (Å²) in [6.07, 6.45) is -12.1. The lowest BCUT2D eigenvalue weighted by Crippen LogP contribution is -2.54. The van der Waals surface area contributed by atoms with Crippen molar-refractivity contribution in [2.45, 2.75) is 54.6 Å². The van der Waals surface area contributed by atoms with Gasteiger partial charge in [0, 0.05) is 25.1 Å². The quantitative estimate of drug-likeness (QED) is 0.340. The first kappa shape index (κ1) is 28.9. The molecule has 0 spiro atoms. The van der Waals surface area contributed by atoms with E-state index in [0.29, 0.717) is 12.1 Å². The number of aryl methyl sites for hydroxylation is 1. The van der Waals surface area contributed by atoms with E-state index in [-0.39, 0.29) is 55.0 Å². The molecule has 0 saturated heterocycles. The lowest BCUT2D eigenvalue weighted by atomic mass is 9.87. The van der Waals surface area contributed by atoms with Crippen LogP contribution in [0.25, 0.3) is 0 Å². The monoisotopic (exact) mass is 556 g/mol. The van der Waals surface area contributed by atoms with Crippen LogP contribution in [0.1, 0.15) is 30.4 Å². The first-order chi connectivity index (χ1) is 17.2. The molecule has 0 saturated carbocycles. The van der Waals surface area contributed by atoms with Crippen LogP contribution in [-0.4, -0.2) is 51.9 Å². The number of alkyl halides is 6. The van der Waals surface area contributed by atoms with Crippen LogP contribution < -0.4 is 9.62 Å². The van der Waals surface area contributed by atoms with Crippen molar-refractivity contribution in [3.8, 4) is 0 Å².